The van der Waals surface area contributed by atoms with Crippen LogP contribution in [-0.2, 0) is 0 Å². The van der Waals surface area contributed by atoms with Gasteiger partial charge in [0, 0.05) is 11.8 Å². The number of carbonyl (C=O) groups is 1. The highest BCUT2D eigenvalue weighted by molar-refractivity contribution is 7.99. The molecule has 0 heterocycles. The molecule has 4 heteroatoms. The number of amides is 2. The first-order chi connectivity index (χ1) is 4.45. The second-order valence-electron chi connectivity index (χ2n) is 2.90. The molecule has 0 aliphatic carbocycles. The molecular formula is C6H14N2OS. The molecule has 0 unspecified atom stereocenters. The van der Waals surface area contributed by atoms with Gasteiger partial charge in [-0.3, -0.25) is 4.72 Å². The Morgan fingerprint density at radius 2 is 1.90 bits per heavy atom. The van der Waals surface area contributed by atoms with E-state index in [1.54, 1.807) is 7.05 Å². The van der Waals surface area contributed by atoms with E-state index in [1.807, 2.05) is 20.8 Å². The lowest BCUT2D eigenvalue weighted by atomic mass is 10.3. The maximum atomic E-state index is 10.6. The maximum absolute atomic E-state index is 10.6. The minimum Gasteiger partial charge on any atom is -0.341 e. The SMILES string of the molecule is CNC(=O)NSC(C)(C)C. The highest BCUT2D eigenvalue weighted by Crippen LogP contribution is 2.18. The molecule has 0 atom stereocenters. The monoisotopic (exact) mass is 162 g/mol. The van der Waals surface area contributed by atoms with Gasteiger partial charge in [-0.2, -0.15) is 0 Å². The number of rotatable bonds is 1. The third-order valence-electron chi connectivity index (χ3n) is 0.677. The molecule has 2 N–H and O–H groups in total. The molecule has 0 aromatic carbocycles. The molecule has 0 rings (SSSR count). The van der Waals surface area contributed by atoms with Crippen molar-refractivity contribution in [2.45, 2.75) is 25.5 Å². The Bertz CT molecular complexity index is 119. The van der Waals surface area contributed by atoms with E-state index in [9.17, 15) is 4.79 Å². The highest BCUT2D eigenvalue weighted by Gasteiger charge is 2.11. The van der Waals surface area contributed by atoms with E-state index in [4.69, 9.17) is 0 Å². The van der Waals surface area contributed by atoms with Crippen LogP contribution in [0, 0.1) is 0 Å². The maximum Gasteiger partial charge on any atom is 0.324 e. The number of urea groups is 1. The van der Waals surface area contributed by atoms with Crippen LogP contribution in [-0.4, -0.2) is 17.8 Å². The van der Waals surface area contributed by atoms with Gasteiger partial charge < -0.3 is 5.32 Å². The molecule has 0 fully saturated rings. The summed E-state index contributed by atoms with van der Waals surface area (Å²) in [5, 5.41) is 2.47. The third kappa shape index (κ3) is 5.75. The van der Waals surface area contributed by atoms with Gasteiger partial charge in [0.2, 0.25) is 0 Å². The van der Waals surface area contributed by atoms with Crippen LogP contribution in [0.25, 0.3) is 0 Å². The topological polar surface area (TPSA) is 41.1 Å². The molecule has 0 radical (unpaired) electrons. The molecule has 0 saturated heterocycles. The summed E-state index contributed by atoms with van der Waals surface area (Å²) in [6, 6.07) is -0.153. The smallest absolute Gasteiger partial charge is 0.324 e. The number of hydrogen-bond donors (Lipinski definition) is 2. The van der Waals surface area contributed by atoms with Crippen LogP contribution in [0.2, 0.25) is 0 Å². The Labute approximate surface area is 66.1 Å². The van der Waals surface area contributed by atoms with Crippen LogP contribution in [0.5, 0.6) is 0 Å². The van der Waals surface area contributed by atoms with Gasteiger partial charge in [0.25, 0.3) is 0 Å². The summed E-state index contributed by atoms with van der Waals surface area (Å²) in [7, 11) is 1.60. The molecule has 10 heavy (non-hydrogen) atoms. The molecule has 0 aromatic rings. The molecule has 0 aliphatic rings. The molecule has 60 valence electrons. The normalized spacial score (nSPS) is 10.8. The second kappa shape index (κ2) is 3.71. The van der Waals surface area contributed by atoms with E-state index in [1.165, 1.54) is 11.9 Å². The van der Waals surface area contributed by atoms with E-state index < -0.39 is 0 Å². The summed E-state index contributed by atoms with van der Waals surface area (Å²) < 4.78 is 2.71. The van der Waals surface area contributed by atoms with Crippen LogP contribution >= 0.6 is 11.9 Å². The quantitative estimate of drug-likeness (QED) is 0.572. The van der Waals surface area contributed by atoms with E-state index in [0.717, 1.165) is 0 Å². The van der Waals surface area contributed by atoms with E-state index in [0.29, 0.717) is 0 Å². The first kappa shape index (κ1) is 9.62. The van der Waals surface area contributed by atoms with Gasteiger partial charge in [0.1, 0.15) is 0 Å². The van der Waals surface area contributed by atoms with E-state index in [2.05, 4.69) is 10.0 Å². The van der Waals surface area contributed by atoms with Crippen molar-refractivity contribution in [3.8, 4) is 0 Å². The van der Waals surface area contributed by atoms with Crippen molar-refractivity contribution >= 4 is 18.0 Å². The number of nitrogens with one attached hydrogen (secondary N) is 2. The largest absolute Gasteiger partial charge is 0.341 e. The van der Waals surface area contributed by atoms with Crippen LogP contribution in [0.1, 0.15) is 20.8 Å². The lowest BCUT2D eigenvalue weighted by Gasteiger charge is -2.16. The van der Waals surface area contributed by atoms with Crippen molar-refractivity contribution in [2.24, 2.45) is 0 Å². The van der Waals surface area contributed by atoms with Crippen molar-refractivity contribution < 1.29 is 4.79 Å². The zero-order chi connectivity index (χ0) is 8.20. The summed E-state index contributed by atoms with van der Waals surface area (Å²) in [6.45, 7) is 6.11. The van der Waals surface area contributed by atoms with Gasteiger partial charge in [0.05, 0.1) is 0 Å². The summed E-state index contributed by atoms with van der Waals surface area (Å²) in [5.74, 6) is 0. The molecule has 0 bridgehead atoms. The van der Waals surface area contributed by atoms with Crippen molar-refractivity contribution in [2.75, 3.05) is 7.05 Å². The van der Waals surface area contributed by atoms with E-state index in [-0.39, 0.29) is 10.8 Å². The van der Waals surface area contributed by atoms with Gasteiger partial charge in [-0.25, -0.2) is 4.79 Å². The van der Waals surface area contributed by atoms with Crippen LogP contribution in [0.15, 0.2) is 0 Å². The average molecular weight is 162 g/mol. The van der Waals surface area contributed by atoms with Crippen molar-refractivity contribution in [1.82, 2.24) is 10.0 Å². The summed E-state index contributed by atoms with van der Waals surface area (Å²) in [4.78, 5) is 10.6. The fraction of sp³-hybridized carbons (Fsp3) is 0.833. The standard InChI is InChI=1S/C6H14N2OS/c1-6(2,3)10-8-5(9)7-4/h1-4H3,(H2,7,8,9). The van der Waals surface area contributed by atoms with Crippen LogP contribution < -0.4 is 10.0 Å². The molecule has 0 spiro atoms. The van der Waals surface area contributed by atoms with Gasteiger partial charge in [0.15, 0.2) is 0 Å². The lowest BCUT2D eigenvalue weighted by molar-refractivity contribution is 0.248. The molecule has 2 amide bonds. The Balaban J connectivity index is 3.46. The Kier molecular flexibility index (Phi) is 3.57. The van der Waals surface area contributed by atoms with Crippen molar-refractivity contribution in [3.05, 3.63) is 0 Å². The first-order valence-corrected chi connectivity index (χ1v) is 3.93. The lowest BCUT2D eigenvalue weighted by Crippen LogP contribution is -2.31. The minimum atomic E-state index is -0.153. The average Bonchev–Trinajstić information content (AvgIpc) is 1.81. The second-order valence-corrected chi connectivity index (χ2v) is 4.53. The highest BCUT2D eigenvalue weighted by atomic mass is 32.2. The number of hydrogen-bond acceptors (Lipinski definition) is 2. The van der Waals surface area contributed by atoms with Gasteiger partial charge >= 0.3 is 6.03 Å². The Hall–Kier alpha value is -0.380. The predicted molar refractivity (Wildman–Crippen MR) is 44.9 cm³/mol. The minimum absolute atomic E-state index is 0.0759. The fourth-order valence-electron chi connectivity index (χ4n) is 0.250. The Morgan fingerprint density at radius 3 is 2.20 bits per heavy atom. The molecule has 0 aliphatic heterocycles. The number of carbonyl (C=O) groups excluding carboxylic acids is 1. The van der Waals surface area contributed by atoms with Gasteiger partial charge in [-0.05, 0) is 32.7 Å². The molecule has 0 saturated carbocycles. The summed E-state index contributed by atoms with van der Waals surface area (Å²) in [5.41, 5.74) is 0. The van der Waals surface area contributed by atoms with Crippen LogP contribution in [0.4, 0.5) is 4.79 Å². The summed E-state index contributed by atoms with van der Waals surface area (Å²) >= 11 is 1.40. The van der Waals surface area contributed by atoms with Gasteiger partial charge in [-0.15, -0.1) is 0 Å². The zero-order valence-electron chi connectivity index (χ0n) is 6.82. The fourth-order valence-corrected chi connectivity index (χ4v) is 0.751. The first-order valence-electron chi connectivity index (χ1n) is 3.11. The molecule has 3 nitrogen and oxygen atoms in total. The van der Waals surface area contributed by atoms with Crippen molar-refractivity contribution in [3.63, 3.8) is 0 Å². The van der Waals surface area contributed by atoms with E-state index >= 15 is 0 Å². The predicted octanol–water partition coefficient (Wildman–Crippen LogP) is 1.36. The van der Waals surface area contributed by atoms with Gasteiger partial charge in [-0.1, -0.05) is 0 Å². The zero-order valence-corrected chi connectivity index (χ0v) is 7.63. The molecular weight excluding hydrogens is 148 g/mol. The molecule has 0 aromatic heterocycles. The summed E-state index contributed by atoms with van der Waals surface area (Å²) in [6.07, 6.45) is 0. The van der Waals surface area contributed by atoms with Crippen LogP contribution in [0.3, 0.4) is 0 Å². The Morgan fingerprint density at radius 1 is 1.40 bits per heavy atom. The third-order valence-corrected chi connectivity index (χ3v) is 1.58. The van der Waals surface area contributed by atoms with Crippen molar-refractivity contribution in [1.29, 1.82) is 0 Å².